The zero-order valence-corrected chi connectivity index (χ0v) is 27.1. The molecule has 2 saturated heterocycles. The number of anilines is 1. The van der Waals surface area contributed by atoms with Gasteiger partial charge in [-0.3, -0.25) is 19.4 Å². The lowest BCUT2D eigenvalue weighted by Crippen LogP contribution is -2.38. The van der Waals surface area contributed by atoms with Crippen molar-refractivity contribution in [3.05, 3.63) is 86.7 Å². The summed E-state index contributed by atoms with van der Waals surface area (Å²) < 4.78 is 12.0. The highest BCUT2D eigenvalue weighted by Crippen LogP contribution is 2.37. The summed E-state index contributed by atoms with van der Waals surface area (Å²) in [6.07, 6.45) is 1.71. The fourth-order valence-electron chi connectivity index (χ4n) is 4.79. The second-order valence-electron chi connectivity index (χ2n) is 10.2. The number of carboxylic acids is 1. The number of ether oxygens (including phenoxy) is 2. The van der Waals surface area contributed by atoms with Crippen LogP contribution < -0.4 is 10.1 Å². The molecule has 2 aliphatic rings. The molecule has 2 amide bonds. The summed E-state index contributed by atoms with van der Waals surface area (Å²) in [4.78, 5) is 41.3. The standard InChI is InChI=1S/C32H29Cl2N3O6S2/c33-23-5-6-26(34)25(19-23)20-4-7-27(43-15-12-36-10-13-42-14-11-36)22(16-20)18-28-30(39)37(32(44)45-28)9-8-29(38)35-24-3-1-2-21(17-24)31(40)41/h1-7,16-19H,8-15H2,(H,35,38)(H,40,41)/b28-18-. The van der Waals surface area contributed by atoms with Gasteiger partial charge in [0.05, 0.1) is 23.7 Å². The van der Waals surface area contributed by atoms with Gasteiger partial charge in [0.15, 0.2) is 0 Å². The molecule has 0 atom stereocenters. The van der Waals surface area contributed by atoms with E-state index in [0.717, 1.165) is 42.5 Å². The van der Waals surface area contributed by atoms with Gasteiger partial charge in [-0.25, -0.2) is 4.79 Å². The largest absolute Gasteiger partial charge is 0.492 e. The molecule has 0 aliphatic carbocycles. The molecular formula is C32H29Cl2N3O6S2. The minimum atomic E-state index is -1.10. The summed E-state index contributed by atoms with van der Waals surface area (Å²) in [6, 6.07) is 16.8. The quantitative estimate of drug-likeness (QED) is 0.178. The number of amides is 2. The zero-order chi connectivity index (χ0) is 31.9. The van der Waals surface area contributed by atoms with Gasteiger partial charge >= 0.3 is 5.97 Å². The van der Waals surface area contributed by atoms with E-state index in [1.54, 1.807) is 36.4 Å². The zero-order valence-electron chi connectivity index (χ0n) is 24.0. The first kappa shape index (κ1) is 32.9. The molecule has 2 heterocycles. The van der Waals surface area contributed by atoms with E-state index in [9.17, 15) is 19.5 Å². The minimum absolute atomic E-state index is 0.0321. The molecule has 0 radical (unpaired) electrons. The monoisotopic (exact) mass is 685 g/mol. The van der Waals surface area contributed by atoms with Crippen LogP contribution in [-0.2, 0) is 14.3 Å². The van der Waals surface area contributed by atoms with Crippen molar-refractivity contribution >= 4 is 81.0 Å². The van der Waals surface area contributed by atoms with Gasteiger partial charge in [-0.15, -0.1) is 0 Å². The van der Waals surface area contributed by atoms with Gasteiger partial charge in [0.1, 0.15) is 16.7 Å². The van der Waals surface area contributed by atoms with Crippen LogP contribution in [0.25, 0.3) is 17.2 Å². The number of carbonyl (C=O) groups excluding carboxylic acids is 2. The SMILES string of the molecule is O=C(CCN1C(=O)/C(=C/c2cc(-c3cc(Cl)ccc3Cl)ccc2OCCN2CCOCC2)SC1=S)Nc1cccc(C(=O)O)c1. The molecule has 2 aliphatic heterocycles. The average molecular weight is 687 g/mol. The van der Waals surface area contributed by atoms with Crippen LogP contribution in [0.5, 0.6) is 5.75 Å². The topological polar surface area (TPSA) is 108 Å². The fourth-order valence-corrected chi connectivity index (χ4v) is 6.49. The van der Waals surface area contributed by atoms with Gasteiger partial charge in [-0.1, -0.05) is 59.3 Å². The van der Waals surface area contributed by atoms with Crippen LogP contribution in [0, 0.1) is 0 Å². The van der Waals surface area contributed by atoms with Gasteiger partial charge in [0, 0.05) is 59.5 Å². The first-order valence-electron chi connectivity index (χ1n) is 14.1. The number of nitrogens with one attached hydrogen (secondary N) is 1. The van der Waals surface area contributed by atoms with Crippen LogP contribution in [0.1, 0.15) is 22.3 Å². The van der Waals surface area contributed by atoms with Crippen LogP contribution >= 0.6 is 47.2 Å². The predicted octanol–water partition coefficient (Wildman–Crippen LogP) is 6.30. The molecule has 5 rings (SSSR count). The van der Waals surface area contributed by atoms with Crippen molar-refractivity contribution in [2.45, 2.75) is 6.42 Å². The second kappa shape index (κ2) is 15.2. The molecule has 3 aromatic carbocycles. The smallest absolute Gasteiger partial charge is 0.335 e. The number of carboxylic acid groups (broad SMARTS) is 1. The Labute approximate surface area is 280 Å². The lowest BCUT2D eigenvalue weighted by molar-refractivity contribution is -0.122. The Hall–Kier alpha value is -3.45. The summed E-state index contributed by atoms with van der Waals surface area (Å²) in [7, 11) is 0. The molecule has 2 fully saturated rings. The van der Waals surface area contributed by atoms with Crippen molar-refractivity contribution in [2.24, 2.45) is 0 Å². The molecule has 3 aromatic rings. The van der Waals surface area contributed by atoms with Crippen LogP contribution in [0.2, 0.25) is 10.0 Å². The Morgan fingerprint density at radius 3 is 2.64 bits per heavy atom. The van der Waals surface area contributed by atoms with Crippen molar-refractivity contribution in [2.75, 3.05) is 51.3 Å². The lowest BCUT2D eigenvalue weighted by Gasteiger charge is -2.26. The van der Waals surface area contributed by atoms with Gasteiger partial charge in [-0.2, -0.15) is 0 Å². The van der Waals surface area contributed by atoms with Crippen LogP contribution in [0.3, 0.4) is 0 Å². The maximum Gasteiger partial charge on any atom is 0.335 e. The third kappa shape index (κ3) is 8.63. The maximum atomic E-state index is 13.5. The number of carbonyl (C=O) groups is 3. The third-order valence-electron chi connectivity index (χ3n) is 7.13. The molecule has 0 saturated carbocycles. The number of morpholine rings is 1. The number of thiocarbonyl (C=S) groups is 1. The van der Waals surface area contributed by atoms with Crippen molar-refractivity contribution in [1.29, 1.82) is 0 Å². The van der Waals surface area contributed by atoms with Crippen LogP contribution in [0.4, 0.5) is 5.69 Å². The average Bonchev–Trinajstić information content (AvgIpc) is 3.29. The summed E-state index contributed by atoms with van der Waals surface area (Å²) >= 11 is 19.4. The molecule has 0 aromatic heterocycles. The summed E-state index contributed by atoms with van der Waals surface area (Å²) in [5, 5.41) is 12.9. The maximum absolute atomic E-state index is 13.5. The minimum Gasteiger partial charge on any atom is -0.492 e. The number of hydrogen-bond donors (Lipinski definition) is 2. The Balaban J connectivity index is 1.32. The highest BCUT2D eigenvalue weighted by molar-refractivity contribution is 8.26. The Morgan fingerprint density at radius 1 is 1.07 bits per heavy atom. The van der Waals surface area contributed by atoms with Crippen molar-refractivity contribution < 1.29 is 29.0 Å². The molecule has 45 heavy (non-hydrogen) atoms. The van der Waals surface area contributed by atoms with E-state index >= 15 is 0 Å². The molecule has 234 valence electrons. The van der Waals surface area contributed by atoms with Crippen LogP contribution in [0.15, 0.2) is 65.6 Å². The fraction of sp³-hybridized carbons (Fsp3) is 0.250. The lowest BCUT2D eigenvalue weighted by atomic mass is 10.0. The van der Waals surface area contributed by atoms with Crippen LogP contribution in [-0.4, -0.2) is 83.0 Å². The molecule has 2 N–H and O–H groups in total. The number of hydrogen-bond acceptors (Lipinski definition) is 8. The van der Waals surface area contributed by atoms with E-state index in [2.05, 4.69) is 10.2 Å². The van der Waals surface area contributed by atoms with Crippen molar-refractivity contribution in [1.82, 2.24) is 9.80 Å². The Morgan fingerprint density at radius 2 is 1.87 bits per heavy atom. The first-order chi connectivity index (χ1) is 21.7. The summed E-state index contributed by atoms with van der Waals surface area (Å²) in [5.41, 5.74) is 2.62. The highest BCUT2D eigenvalue weighted by Gasteiger charge is 2.32. The first-order valence-corrected chi connectivity index (χ1v) is 16.1. The van der Waals surface area contributed by atoms with E-state index in [1.807, 2.05) is 18.2 Å². The van der Waals surface area contributed by atoms with E-state index < -0.39 is 5.97 Å². The molecule has 13 heteroatoms. The van der Waals surface area contributed by atoms with E-state index in [0.29, 0.717) is 56.1 Å². The Kier molecular flexibility index (Phi) is 11.1. The van der Waals surface area contributed by atoms with Gasteiger partial charge in [-0.05, 0) is 60.2 Å². The number of halogens is 2. The van der Waals surface area contributed by atoms with Gasteiger partial charge in [0.25, 0.3) is 5.91 Å². The number of benzene rings is 3. The molecular weight excluding hydrogens is 657 g/mol. The number of aromatic carboxylic acids is 1. The second-order valence-corrected chi connectivity index (χ2v) is 12.7. The van der Waals surface area contributed by atoms with E-state index in [1.165, 1.54) is 17.0 Å². The van der Waals surface area contributed by atoms with E-state index in [4.69, 9.17) is 44.9 Å². The summed E-state index contributed by atoms with van der Waals surface area (Å²) in [6.45, 7) is 4.32. The molecule has 0 unspecified atom stereocenters. The predicted molar refractivity (Wildman–Crippen MR) is 181 cm³/mol. The third-order valence-corrected chi connectivity index (χ3v) is 9.08. The Bertz CT molecular complexity index is 1660. The van der Waals surface area contributed by atoms with Crippen molar-refractivity contribution in [3.8, 4) is 16.9 Å². The molecule has 0 spiro atoms. The molecule has 0 bridgehead atoms. The van der Waals surface area contributed by atoms with Gasteiger partial charge < -0.3 is 19.9 Å². The normalized spacial score (nSPS) is 16.3. The number of rotatable bonds is 11. The van der Waals surface area contributed by atoms with E-state index in [-0.39, 0.29) is 30.3 Å². The highest BCUT2D eigenvalue weighted by atomic mass is 35.5. The number of nitrogens with zero attached hydrogens (tertiary/aromatic N) is 2. The summed E-state index contributed by atoms with van der Waals surface area (Å²) in [5.74, 6) is -1.20. The van der Waals surface area contributed by atoms with Crippen molar-refractivity contribution in [3.63, 3.8) is 0 Å². The number of thioether (sulfide) groups is 1. The van der Waals surface area contributed by atoms with Gasteiger partial charge in [0.2, 0.25) is 5.91 Å². The molecule has 9 nitrogen and oxygen atoms in total.